The number of hydrogen-bond acceptors (Lipinski definition) is 7. The molecule has 3 aromatic heterocycles. The SMILES string of the molecule is CCn1c(=O)[nH]c(=O)c2c(C(=O)NCc3noc(C(C)(C)C)n3)cc(C(C)C)nc21. The Kier molecular flexibility index (Phi) is 5.60. The number of rotatable bonds is 5. The molecule has 10 nitrogen and oxygen atoms in total. The summed E-state index contributed by atoms with van der Waals surface area (Å²) in [7, 11) is 0. The second-order valence-corrected chi connectivity index (χ2v) is 8.40. The summed E-state index contributed by atoms with van der Waals surface area (Å²) in [6.45, 7) is 11.8. The average Bonchev–Trinajstić information content (AvgIpc) is 3.15. The molecule has 0 aliphatic carbocycles. The molecule has 0 saturated carbocycles. The van der Waals surface area contributed by atoms with Gasteiger partial charge in [0.15, 0.2) is 11.5 Å². The van der Waals surface area contributed by atoms with E-state index in [0.29, 0.717) is 24.0 Å². The van der Waals surface area contributed by atoms with Crippen LogP contribution in [-0.2, 0) is 18.5 Å². The van der Waals surface area contributed by atoms with Crippen molar-refractivity contribution in [1.29, 1.82) is 0 Å². The first-order chi connectivity index (χ1) is 14.0. The van der Waals surface area contributed by atoms with Crippen molar-refractivity contribution in [3.63, 3.8) is 0 Å². The molecule has 2 N–H and O–H groups in total. The number of hydrogen-bond donors (Lipinski definition) is 2. The number of carbonyl (C=O) groups is 1. The molecule has 10 heteroatoms. The number of aryl methyl sites for hydroxylation is 1. The van der Waals surface area contributed by atoms with Gasteiger partial charge in [-0.3, -0.25) is 19.1 Å². The van der Waals surface area contributed by atoms with Crippen molar-refractivity contribution in [2.45, 2.75) is 66.0 Å². The quantitative estimate of drug-likeness (QED) is 0.650. The molecule has 3 aromatic rings. The molecule has 0 aliphatic heterocycles. The Morgan fingerprint density at radius 3 is 2.53 bits per heavy atom. The molecular weight excluding hydrogens is 388 g/mol. The van der Waals surface area contributed by atoms with E-state index in [1.54, 1.807) is 13.0 Å². The number of fused-ring (bicyclic) bond motifs is 1. The molecule has 1 amide bonds. The van der Waals surface area contributed by atoms with Crippen molar-refractivity contribution in [1.82, 2.24) is 30.0 Å². The molecule has 0 atom stereocenters. The minimum absolute atomic E-state index is 0.00723. The van der Waals surface area contributed by atoms with Crippen molar-refractivity contribution in [2.24, 2.45) is 0 Å². The van der Waals surface area contributed by atoms with E-state index >= 15 is 0 Å². The minimum Gasteiger partial charge on any atom is -0.345 e. The summed E-state index contributed by atoms with van der Waals surface area (Å²) in [6, 6.07) is 1.58. The Bertz CT molecular complexity index is 1210. The van der Waals surface area contributed by atoms with Crippen LogP contribution in [0.3, 0.4) is 0 Å². The van der Waals surface area contributed by atoms with Gasteiger partial charge in [0.25, 0.3) is 11.5 Å². The van der Waals surface area contributed by atoms with Crippen molar-refractivity contribution in [3.8, 4) is 0 Å². The summed E-state index contributed by atoms with van der Waals surface area (Å²) in [5.74, 6) is 0.298. The number of carbonyl (C=O) groups excluding carboxylic acids is 1. The molecule has 30 heavy (non-hydrogen) atoms. The van der Waals surface area contributed by atoms with Crippen LogP contribution in [0.5, 0.6) is 0 Å². The third-order valence-electron chi connectivity index (χ3n) is 4.64. The number of nitrogens with one attached hydrogen (secondary N) is 2. The van der Waals surface area contributed by atoms with E-state index < -0.39 is 17.2 Å². The molecule has 0 aliphatic rings. The highest BCUT2D eigenvalue weighted by atomic mass is 16.5. The molecular formula is C20H26N6O4. The molecule has 0 bridgehead atoms. The van der Waals surface area contributed by atoms with Gasteiger partial charge in [0.1, 0.15) is 0 Å². The van der Waals surface area contributed by atoms with Gasteiger partial charge in [-0.25, -0.2) is 9.78 Å². The highest BCUT2D eigenvalue weighted by Crippen LogP contribution is 2.21. The van der Waals surface area contributed by atoms with E-state index in [4.69, 9.17) is 4.52 Å². The fourth-order valence-electron chi connectivity index (χ4n) is 2.95. The van der Waals surface area contributed by atoms with Crippen LogP contribution in [0, 0.1) is 0 Å². The van der Waals surface area contributed by atoms with Crippen LogP contribution in [0.2, 0.25) is 0 Å². The van der Waals surface area contributed by atoms with Crippen molar-refractivity contribution in [3.05, 3.63) is 49.9 Å². The monoisotopic (exact) mass is 414 g/mol. The summed E-state index contributed by atoms with van der Waals surface area (Å²) in [4.78, 5) is 48.7. The lowest BCUT2D eigenvalue weighted by Crippen LogP contribution is -2.33. The number of amides is 1. The predicted molar refractivity (Wildman–Crippen MR) is 111 cm³/mol. The Labute approximate surface area is 172 Å². The third-order valence-corrected chi connectivity index (χ3v) is 4.64. The minimum atomic E-state index is -0.651. The molecule has 0 unspecified atom stereocenters. The van der Waals surface area contributed by atoms with Crippen LogP contribution >= 0.6 is 0 Å². The molecule has 0 saturated heterocycles. The van der Waals surface area contributed by atoms with E-state index in [-0.39, 0.29) is 34.5 Å². The van der Waals surface area contributed by atoms with Crippen LogP contribution in [0.1, 0.15) is 75.2 Å². The van der Waals surface area contributed by atoms with Crippen molar-refractivity contribution in [2.75, 3.05) is 0 Å². The fraction of sp³-hybridized carbons (Fsp3) is 0.500. The number of nitrogens with zero attached hydrogens (tertiary/aromatic N) is 4. The van der Waals surface area contributed by atoms with Gasteiger partial charge in [-0.2, -0.15) is 4.98 Å². The second-order valence-electron chi connectivity index (χ2n) is 8.40. The largest absolute Gasteiger partial charge is 0.345 e. The third kappa shape index (κ3) is 4.03. The molecule has 0 fully saturated rings. The lowest BCUT2D eigenvalue weighted by molar-refractivity contribution is 0.0951. The topological polar surface area (TPSA) is 136 Å². The summed E-state index contributed by atoms with van der Waals surface area (Å²) in [5.41, 5.74) is -0.573. The first kappa shape index (κ1) is 21.4. The smallest absolute Gasteiger partial charge is 0.329 e. The Morgan fingerprint density at radius 2 is 1.97 bits per heavy atom. The van der Waals surface area contributed by atoms with E-state index in [1.165, 1.54) is 4.57 Å². The normalized spacial score (nSPS) is 12.0. The fourth-order valence-corrected chi connectivity index (χ4v) is 2.95. The van der Waals surface area contributed by atoms with Crippen LogP contribution in [0.15, 0.2) is 20.2 Å². The van der Waals surface area contributed by atoms with E-state index in [0.717, 1.165) is 0 Å². The van der Waals surface area contributed by atoms with Crippen molar-refractivity contribution >= 4 is 16.9 Å². The molecule has 3 heterocycles. The maximum Gasteiger partial charge on any atom is 0.329 e. The Hall–Kier alpha value is -3.30. The van der Waals surface area contributed by atoms with Gasteiger partial charge in [-0.05, 0) is 18.9 Å². The second kappa shape index (κ2) is 7.85. The Balaban J connectivity index is 2.03. The number of pyridine rings is 1. The van der Waals surface area contributed by atoms with Gasteiger partial charge in [-0.15, -0.1) is 0 Å². The Morgan fingerprint density at radius 1 is 1.27 bits per heavy atom. The maximum absolute atomic E-state index is 13.0. The molecule has 0 aromatic carbocycles. The predicted octanol–water partition coefficient (Wildman–Crippen LogP) is 1.84. The summed E-state index contributed by atoms with van der Waals surface area (Å²) < 4.78 is 6.58. The highest BCUT2D eigenvalue weighted by Gasteiger charge is 2.23. The summed E-state index contributed by atoms with van der Waals surface area (Å²) in [6.07, 6.45) is 0. The molecule has 3 rings (SSSR count). The molecule has 160 valence electrons. The van der Waals surface area contributed by atoms with Crippen LogP contribution in [0.25, 0.3) is 11.0 Å². The van der Waals surface area contributed by atoms with Crippen LogP contribution in [-0.4, -0.2) is 30.6 Å². The van der Waals surface area contributed by atoms with E-state index in [9.17, 15) is 14.4 Å². The standard InChI is InChI=1S/C20H26N6O4/c1-7-26-15-14(17(28)24-19(26)29)11(8-12(22-15)10(2)3)16(27)21-9-13-23-18(30-25-13)20(4,5)6/h8,10H,7,9H2,1-6H3,(H,21,27)(H,24,28,29). The first-order valence-electron chi connectivity index (χ1n) is 9.82. The summed E-state index contributed by atoms with van der Waals surface area (Å²) in [5, 5.41) is 6.68. The van der Waals surface area contributed by atoms with Gasteiger partial charge in [0, 0.05) is 17.7 Å². The zero-order valence-corrected chi connectivity index (χ0v) is 18.0. The van der Waals surface area contributed by atoms with Crippen LogP contribution < -0.4 is 16.6 Å². The van der Waals surface area contributed by atoms with Gasteiger partial charge in [-0.1, -0.05) is 39.8 Å². The zero-order chi connectivity index (χ0) is 22.2. The molecule has 0 spiro atoms. The van der Waals surface area contributed by atoms with Crippen molar-refractivity contribution < 1.29 is 9.32 Å². The van der Waals surface area contributed by atoms with Gasteiger partial charge >= 0.3 is 5.69 Å². The number of aromatic amines is 1. The zero-order valence-electron chi connectivity index (χ0n) is 18.0. The lowest BCUT2D eigenvalue weighted by atomic mass is 9.97. The highest BCUT2D eigenvalue weighted by molar-refractivity contribution is 6.05. The van der Waals surface area contributed by atoms with Gasteiger partial charge in [0.2, 0.25) is 5.89 Å². The molecule has 0 radical (unpaired) electrons. The lowest BCUT2D eigenvalue weighted by Gasteiger charge is -2.13. The summed E-state index contributed by atoms with van der Waals surface area (Å²) >= 11 is 0. The maximum atomic E-state index is 13.0. The van der Waals surface area contributed by atoms with Crippen LogP contribution in [0.4, 0.5) is 0 Å². The van der Waals surface area contributed by atoms with E-state index in [1.807, 2.05) is 34.6 Å². The van der Waals surface area contributed by atoms with Gasteiger partial charge in [0.05, 0.1) is 17.5 Å². The number of aromatic nitrogens is 5. The average molecular weight is 414 g/mol. The number of H-pyrrole nitrogens is 1. The first-order valence-corrected chi connectivity index (χ1v) is 9.82. The van der Waals surface area contributed by atoms with E-state index in [2.05, 4.69) is 25.4 Å². The van der Waals surface area contributed by atoms with Gasteiger partial charge < -0.3 is 9.84 Å².